The highest BCUT2D eigenvalue weighted by Gasteiger charge is 2.18. The van der Waals surface area contributed by atoms with Crippen molar-refractivity contribution in [2.45, 2.75) is 18.4 Å². The molecule has 5 heteroatoms. The quantitative estimate of drug-likeness (QED) is 0.833. The van der Waals surface area contributed by atoms with Gasteiger partial charge in [0.15, 0.2) is 5.82 Å². The summed E-state index contributed by atoms with van der Waals surface area (Å²) in [5.74, 6) is 3.06. The van der Waals surface area contributed by atoms with Crippen LogP contribution in [0, 0.1) is 6.92 Å². The number of pyridine rings is 1. The summed E-state index contributed by atoms with van der Waals surface area (Å²) in [5.41, 5.74) is 10.00. The number of thioether (sulfide) groups is 1. The van der Waals surface area contributed by atoms with E-state index in [4.69, 9.17) is 5.73 Å². The van der Waals surface area contributed by atoms with Crippen LogP contribution in [-0.2, 0) is 11.5 Å². The van der Waals surface area contributed by atoms with E-state index in [9.17, 15) is 0 Å². The van der Waals surface area contributed by atoms with Gasteiger partial charge in [0.05, 0.1) is 5.69 Å². The Labute approximate surface area is 104 Å². The van der Waals surface area contributed by atoms with Crippen LogP contribution >= 0.6 is 11.8 Å². The summed E-state index contributed by atoms with van der Waals surface area (Å²) in [4.78, 5) is 13.2. The Balaban J connectivity index is 2.10. The van der Waals surface area contributed by atoms with Crippen molar-refractivity contribution in [3.8, 4) is 11.5 Å². The predicted octanol–water partition coefficient (Wildman–Crippen LogP) is 2.18. The third kappa shape index (κ3) is 1.86. The molecule has 0 fully saturated rings. The molecule has 1 aliphatic rings. The van der Waals surface area contributed by atoms with Crippen LogP contribution in [0.3, 0.4) is 0 Å². The van der Waals surface area contributed by atoms with E-state index >= 15 is 0 Å². The van der Waals surface area contributed by atoms with Gasteiger partial charge in [-0.15, -0.1) is 0 Å². The smallest absolute Gasteiger partial charge is 0.180 e. The minimum atomic E-state index is 0.595. The molecule has 0 spiro atoms. The molecule has 0 amide bonds. The number of nitrogens with zero attached hydrogens (tertiary/aromatic N) is 3. The summed E-state index contributed by atoms with van der Waals surface area (Å²) in [6.45, 7) is 2.01. The van der Waals surface area contributed by atoms with Crippen molar-refractivity contribution in [1.29, 1.82) is 0 Å². The van der Waals surface area contributed by atoms with Gasteiger partial charge in [-0.3, -0.25) is 4.98 Å². The van der Waals surface area contributed by atoms with Crippen molar-refractivity contribution in [3.63, 3.8) is 0 Å². The van der Waals surface area contributed by atoms with Crippen molar-refractivity contribution in [2.75, 3.05) is 5.73 Å². The zero-order valence-corrected chi connectivity index (χ0v) is 10.3. The van der Waals surface area contributed by atoms with Crippen molar-refractivity contribution < 1.29 is 0 Å². The van der Waals surface area contributed by atoms with Gasteiger partial charge in [-0.25, -0.2) is 9.97 Å². The molecule has 0 radical (unpaired) electrons. The van der Waals surface area contributed by atoms with E-state index in [0.29, 0.717) is 11.6 Å². The second-order valence-corrected chi connectivity index (χ2v) is 5.06. The van der Waals surface area contributed by atoms with Crippen LogP contribution in [0.4, 0.5) is 5.82 Å². The Morgan fingerprint density at radius 2 is 2.12 bits per heavy atom. The second kappa shape index (κ2) is 4.00. The molecular weight excluding hydrogens is 232 g/mol. The third-order valence-electron chi connectivity index (χ3n) is 2.75. The first kappa shape index (κ1) is 10.5. The molecule has 0 saturated carbocycles. The first-order valence-corrected chi connectivity index (χ1v) is 6.55. The lowest BCUT2D eigenvalue weighted by molar-refractivity contribution is 1.06. The van der Waals surface area contributed by atoms with Crippen molar-refractivity contribution in [2.24, 2.45) is 0 Å². The van der Waals surface area contributed by atoms with Crippen molar-refractivity contribution >= 4 is 17.6 Å². The van der Waals surface area contributed by atoms with Crippen molar-refractivity contribution in [3.05, 3.63) is 35.2 Å². The molecule has 17 heavy (non-hydrogen) atoms. The number of anilines is 1. The van der Waals surface area contributed by atoms with Gasteiger partial charge in [0, 0.05) is 23.3 Å². The zero-order valence-electron chi connectivity index (χ0n) is 9.47. The fraction of sp³-hybridized carbons (Fsp3) is 0.250. The first-order chi connectivity index (χ1) is 8.24. The molecule has 86 valence electrons. The molecule has 0 bridgehead atoms. The van der Waals surface area contributed by atoms with Crippen LogP contribution in [0.5, 0.6) is 0 Å². The number of fused-ring (bicyclic) bond motifs is 1. The number of aromatic nitrogens is 3. The highest BCUT2D eigenvalue weighted by Crippen LogP contribution is 2.32. The van der Waals surface area contributed by atoms with Crippen LogP contribution in [0.1, 0.15) is 16.8 Å². The Morgan fingerprint density at radius 3 is 2.88 bits per heavy atom. The normalized spacial score (nSPS) is 13.7. The lowest BCUT2D eigenvalue weighted by atomic mass is 10.2. The van der Waals surface area contributed by atoms with Crippen LogP contribution in [0.25, 0.3) is 11.5 Å². The summed E-state index contributed by atoms with van der Waals surface area (Å²) in [6, 6.07) is 3.93. The second-order valence-electron chi connectivity index (χ2n) is 4.07. The van der Waals surface area contributed by atoms with E-state index in [0.717, 1.165) is 34.0 Å². The third-order valence-corrected chi connectivity index (χ3v) is 3.72. The monoisotopic (exact) mass is 244 g/mol. The van der Waals surface area contributed by atoms with Crippen LogP contribution in [0.2, 0.25) is 0 Å². The number of hydrogen-bond acceptors (Lipinski definition) is 5. The summed E-state index contributed by atoms with van der Waals surface area (Å²) < 4.78 is 0. The van der Waals surface area contributed by atoms with Gasteiger partial charge in [0.2, 0.25) is 0 Å². The molecule has 0 aliphatic carbocycles. The number of hydrogen-bond donors (Lipinski definition) is 1. The van der Waals surface area contributed by atoms with Gasteiger partial charge in [-0.2, -0.15) is 11.8 Å². The minimum absolute atomic E-state index is 0.595. The Kier molecular flexibility index (Phi) is 2.48. The fourth-order valence-corrected chi connectivity index (χ4v) is 2.84. The standard InChI is InChI=1S/C12H12N4S/c1-7-2-3-9(14-4-7)12-15-10-6-17-5-8(10)11(13)16-12/h2-4H,5-6H2,1H3,(H2,13,15,16). The molecule has 2 aromatic rings. The Bertz CT molecular complexity index is 565. The van der Waals surface area contributed by atoms with E-state index in [1.54, 1.807) is 0 Å². The number of aryl methyl sites for hydroxylation is 1. The van der Waals surface area contributed by atoms with Gasteiger partial charge < -0.3 is 5.73 Å². The number of rotatable bonds is 1. The van der Waals surface area contributed by atoms with E-state index < -0.39 is 0 Å². The number of nitrogen functional groups attached to an aromatic ring is 1. The lowest BCUT2D eigenvalue weighted by Gasteiger charge is -2.05. The molecule has 2 N–H and O–H groups in total. The highest BCUT2D eigenvalue weighted by molar-refractivity contribution is 7.98. The largest absolute Gasteiger partial charge is 0.383 e. The zero-order chi connectivity index (χ0) is 11.8. The molecule has 0 saturated heterocycles. The molecule has 0 atom stereocenters. The summed E-state index contributed by atoms with van der Waals surface area (Å²) in [7, 11) is 0. The molecule has 3 heterocycles. The summed E-state index contributed by atoms with van der Waals surface area (Å²) in [5, 5.41) is 0. The van der Waals surface area contributed by atoms with Crippen LogP contribution in [0.15, 0.2) is 18.3 Å². The SMILES string of the molecule is Cc1ccc(-c2nc(N)c3c(n2)CSC3)nc1. The van der Waals surface area contributed by atoms with Gasteiger partial charge in [-0.05, 0) is 18.6 Å². The van der Waals surface area contributed by atoms with Gasteiger partial charge in [-0.1, -0.05) is 6.07 Å². The average molecular weight is 244 g/mol. The predicted molar refractivity (Wildman–Crippen MR) is 69.4 cm³/mol. The number of nitrogens with two attached hydrogens (primary N) is 1. The maximum atomic E-state index is 5.95. The molecule has 1 aliphatic heterocycles. The van der Waals surface area contributed by atoms with Gasteiger partial charge in [0.1, 0.15) is 11.5 Å². The van der Waals surface area contributed by atoms with E-state index in [-0.39, 0.29) is 0 Å². The Morgan fingerprint density at radius 1 is 1.24 bits per heavy atom. The Hall–Kier alpha value is -1.62. The van der Waals surface area contributed by atoms with Gasteiger partial charge in [0.25, 0.3) is 0 Å². The fourth-order valence-electron chi connectivity index (χ4n) is 1.79. The van der Waals surface area contributed by atoms with Gasteiger partial charge >= 0.3 is 0 Å². The minimum Gasteiger partial charge on any atom is -0.383 e. The molecule has 0 unspecified atom stereocenters. The lowest BCUT2D eigenvalue weighted by Crippen LogP contribution is -2.03. The van der Waals surface area contributed by atoms with E-state index in [1.165, 1.54) is 0 Å². The van der Waals surface area contributed by atoms with Crippen LogP contribution in [-0.4, -0.2) is 15.0 Å². The highest BCUT2D eigenvalue weighted by atomic mass is 32.2. The maximum Gasteiger partial charge on any atom is 0.180 e. The first-order valence-electron chi connectivity index (χ1n) is 5.40. The molecule has 2 aromatic heterocycles. The summed E-state index contributed by atoms with van der Waals surface area (Å²) >= 11 is 1.82. The van der Waals surface area contributed by atoms with E-state index in [1.807, 2.05) is 37.0 Å². The molecule has 4 nitrogen and oxygen atoms in total. The summed E-state index contributed by atoms with van der Waals surface area (Å²) in [6.07, 6.45) is 1.82. The topological polar surface area (TPSA) is 64.7 Å². The maximum absolute atomic E-state index is 5.95. The van der Waals surface area contributed by atoms with E-state index in [2.05, 4.69) is 15.0 Å². The van der Waals surface area contributed by atoms with Crippen LogP contribution < -0.4 is 5.73 Å². The molecule has 0 aromatic carbocycles. The molecule has 3 rings (SSSR count). The average Bonchev–Trinajstić information content (AvgIpc) is 2.78. The van der Waals surface area contributed by atoms with Crippen molar-refractivity contribution in [1.82, 2.24) is 15.0 Å². The molecular formula is C12H12N4S.